The highest BCUT2D eigenvalue weighted by atomic mass is 16.5. The van der Waals surface area contributed by atoms with E-state index >= 15 is 0 Å². The molecule has 0 heterocycles. The van der Waals surface area contributed by atoms with E-state index in [-0.39, 0.29) is 24.4 Å². The molecule has 1 aromatic carbocycles. The Kier molecular flexibility index (Phi) is 7.42. The van der Waals surface area contributed by atoms with Gasteiger partial charge in [0.05, 0.1) is 13.2 Å². The molecule has 21 heavy (non-hydrogen) atoms. The Morgan fingerprint density at radius 2 is 1.86 bits per heavy atom. The van der Waals surface area contributed by atoms with Gasteiger partial charge in [0.2, 0.25) is 5.91 Å². The Bertz CT molecular complexity index is 458. The Labute approximate surface area is 125 Å². The number of rotatable bonds is 8. The zero-order valence-corrected chi connectivity index (χ0v) is 12.7. The van der Waals surface area contributed by atoms with Crippen molar-refractivity contribution in [1.82, 2.24) is 10.6 Å². The van der Waals surface area contributed by atoms with E-state index in [0.717, 1.165) is 0 Å². The number of carbonyl (C=O) groups is 2. The van der Waals surface area contributed by atoms with Gasteiger partial charge in [0.1, 0.15) is 0 Å². The lowest BCUT2D eigenvalue weighted by atomic mass is 10.2. The molecule has 1 aromatic rings. The van der Waals surface area contributed by atoms with Crippen molar-refractivity contribution in [3.8, 4) is 0 Å². The molecule has 6 heteroatoms. The number of benzene rings is 1. The van der Waals surface area contributed by atoms with Gasteiger partial charge in [0.25, 0.3) is 5.91 Å². The first kappa shape index (κ1) is 17.1. The fourth-order valence-corrected chi connectivity index (χ4v) is 1.63. The highest BCUT2D eigenvalue weighted by Crippen LogP contribution is 2.09. The van der Waals surface area contributed by atoms with Gasteiger partial charge >= 0.3 is 0 Å². The number of amides is 2. The third-order valence-corrected chi connectivity index (χ3v) is 2.62. The van der Waals surface area contributed by atoms with Crippen LogP contribution in [0.2, 0.25) is 0 Å². The maximum Gasteiger partial charge on any atom is 0.251 e. The van der Waals surface area contributed by atoms with Crippen LogP contribution in [0.5, 0.6) is 0 Å². The van der Waals surface area contributed by atoms with E-state index in [4.69, 9.17) is 4.74 Å². The third-order valence-electron chi connectivity index (χ3n) is 2.62. The fraction of sp³-hybridized carbons (Fsp3) is 0.467. The molecule has 0 aromatic heterocycles. The van der Waals surface area contributed by atoms with Crippen LogP contribution < -0.4 is 16.0 Å². The predicted octanol–water partition coefficient (Wildman–Crippen LogP) is 0.999. The molecule has 0 atom stereocenters. The Balaban J connectivity index is 2.43. The molecule has 0 radical (unpaired) electrons. The van der Waals surface area contributed by atoms with Crippen molar-refractivity contribution >= 4 is 17.5 Å². The molecule has 6 nitrogen and oxygen atoms in total. The van der Waals surface area contributed by atoms with E-state index in [1.807, 2.05) is 13.8 Å². The maximum absolute atomic E-state index is 11.8. The maximum atomic E-state index is 11.8. The molecule has 0 aliphatic carbocycles. The molecule has 116 valence electrons. The number of hydrogen-bond donors (Lipinski definition) is 3. The molecule has 0 aliphatic heterocycles. The third kappa shape index (κ3) is 6.87. The minimum Gasteiger partial charge on any atom is -0.383 e. The molecule has 2 amide bonds. The van der Waals surface area contributed by atoms with Crippen molar-refractivity contribution in [2.24, 2.45) is 0 Å². The fourth-order valence-electron chi connectivity index (χ4n) is 1.63. The van der Waals surface area contributed by atoms with Gasteiger partial charge in [-0.1, -0.05) is 0 Å². The summed E-state index contributed by atoms with van der Waals surface area (Å²) in [5.41, 5.74) is 1.23. The van der Waals surface area contributed by atoms with E-state index in [9.17, 15) is 9.59 Å². The summed E-state index contributed by atoms with van der Waals surface area (Å²) in [5.74, 6) is -0.255. The summed E-state index contributed by atoms with van der Waals surface area (Å²) in [6, 6.07) is 6.89. The minimum absolute atomic E-state index is 0.0926. The lowest BCUT2D eigenvalue weighted by molar-refractivity contribution is -0.115. The van der Waals surface area contributed by atoms with Gasteiger partial charge in [0.15, 0.2) is 0 Å². The van der Waals surface area contributed by atoms with E-state index in [2.05, 4.69) is 16.0 Å². The smallest absolute Gasteiger partial charge is 0.251 e. The van der Waals surface area contributed by atoms with Crippen molar-refractivity contribution < 1.29 is 14.3 Å². The van der Waals surface area contributed by atoms with E-state index < -0.39 is 0 Å². The Morgan fingerprint density at radius 3 is 2.43 bits per heavy atom. The van der Waals surface area contributed by atoms with Crippen molar-refractivity contribution in [1.29, 1.82) is 0 Å². The monoisotopic (exact) mass is 293 g/mol. The number of anilines is 1. The summed E-state index contributed by atoms with van der Waals surface area (Å²) in [4.78, 5) is 23.4. The number of carbonyl (C=O) groups excluding carboxylic acids is 2. The number of methoxy groups -OCH3 is 1. The Hall–Kier alpha value is -1.92. The van der Waals surface area contributed by atoms with Gasteiger partial charge in [-0.2, -0.15) is 0 Å². The quantitative estimate of drug-likeness (QED) is 0.625. The highest BCUT2D eigenvalue weighted by molar-refractivity contribution is 5.96. The summed E-state index contributed by atoms with van der Waals surface area (Å²) in [7, 11) is 1.61. The van der Waals surface area contributed by atoms with Crippen molar-refractivity contribution in [3.63, 3.8) is 0 Å². The largest absolute Gasteiger partial charge is 0.383 e. The van der Waals surface area contributed by atoms with Crippen LogP contribution in [0.3, 0.4) is 0 Å². The molecule has 0 unspecified atom stereocenters. The van der Waals surface area contributed by atoms with Crippen LogP contribution in [0, 0.1) is 0 Å². The van der Waals surface area contributed by atoms with Gasteiger partial charge in [-0.15, -0.1) is 0 Å². The van der Waals surface area contributed by atoms with Gasteiger partial charge in [-0.3, -0.25) is 9.59 Å². The Morgan fingerprint density at radius 1 is 1.19 bits per heavy atom. The predicted molar refractivity (Wildman–Crippen MR) is 82.4 cm³/mol. The van der Waals surface area contributed by atoms with Gasteiger partial charge in [0, 0.05) is 30.9 Å². The second-order valence-corrected chi connectivity index (χ2v) is 4.92. The number of nitrogens with one attached hydrogen (secondary N) is 3. The van der Waals surface area contributed by atoms with Gasteiger partial charge in [-0.05, 0) is 38.1 Å². The van der Waals surface area contributed by atoms with E-state index in [1.54, 1.807) is 31.4 Å². The van der Waals surface area contributed by atoms with E-state index in [1.165, 1.54) is 0 Å². The second kappa shape index (κ2) is 9.10. The summed E-state index contributed by atoms with van der Waals surface area (Å²) in [6.07, 6.45) is 0. The minimum atomic E-state index is -0.134. The molecular weight excluding hydrogens is 270 g/mol. The summed E-state index contributed by atoms with van der Waals surface area (Å²) in [5, 5.41) is 8.52. The lowest BCUT2D eigenvalue weighted by Gasteiger charge is -2.09. The standard InChI is InChI=1S/C15H23N3O3/c1-11(2)17-15(20)12-4-6-13(7-5-12)18-14(19)10-16-8-9-21-3/h4-7,11,16H,8-10H2,1-3H3,(H,17,20)(H,18,19). The van der Waals surface area contributed by atoms with Crippen LogP contribution in [0.15, 0.2) is 24.3 Å². The summed E-state index contributed by atoms with van der Waals surface area (Å²) < 4.78 is 4.87. The summed E-state index contributed by atoms with van der Waals surface area (Å²) >= 11 is 0. The number of ether oxygens (including phenoxy) is 1. The van der Waals surface area contributed by atoms with Gasteiger partial charge < -0.3 is 20.7 Å². The van der Waals surface area contributed by atoms with Crippen LogP contribution in [0.25, 0.3) is 0 Å². The average molecular weight is 293 g/mol. The molecular formula is C15H23N3O3. The lowest BCUT2D eigenvalue weighted by Crippen LogP contribution is -2.30. The molecule has 1 rings (SSSR count). The molecule has 0 saturated carbocycles. The zero-order valence-electron chi connectivity index (χ0n) is 12.7. The van der Waals surface area contributed by atoms with Crippen LogP contribution >= 0.6 is 0 Å². The normalized spacial score (nSPS) is 10.5. The number of hydrogen-bond acceptors (Lipinski definition) is 4. The van der Waals surface area contributed by atoms with Crippen LogP contribution in [-0.2, 0) is 9.53 Å². The highest BCUT2D eigenvalue weighted by Gasteiger charge is 2.07. The topological polar surface area (TPSA) is 79.5 Å². The van der Waals surface area contributed by atoms with Crippen molar-refractivity contribution in [2.45, 2.75) is 19.9 Å². The van der Waals surface area contributed by atoms with Gasteiger partial charge in [-0.25, -0.2) is 0 Å². The van der Waals surface area contributed by atoms with E-state index in [0.29, 0.717) is 24.4 Å². The van der Waals surface area contributed by atoms with Crippen molar-refractivity contribution in [3.05, 3.63) is 29.8 Å². The van der Waals surface area contributed by atoms with Crippen molar-refractivity contribution in [2.75, 3.05) is 32.1 Å². The molecule has 0 spiro atoms. The van der Waals surface area contributed by atoms with Crippen LogP contribution in [0.4, 0.5) is 5.69 Å². The van der Waals surface area contributed by atoms with Crippen LogP contribution in [-0.4, -0.2) is 44.7 Å². The van der Waals surface area contributed by atoms with Crippen LogP contribution in [0.1, 0.15) is 24.2 Å². The second-order valence-electron chi connectivity index (χ2n) is 4.92. The molecule has 0 aliphatic rings. The molecule has 0 bridgehead atoms. The molecule has 0 saturated heterocycles. The first-order valence-electron chi connectivity index (χ1n) is 6.93. The molecule has 3 N–H and O–H groups in total. The average Bonchev–Trinajstić information content (AvgIpc) is 2.43. The zero-order chi connectivity index (χ0) is 15.7. The molecule has 0 fully saturated rings. The first-order chi connectivity index (χ1) is 10.0. The first-order valence-corrected chi connectivity index (χ1v) is 6.93. The summed E-state index contributed by atoms with van der Waals surface area (Å²) in [6.45, 7) is 5.22. The SMILES string of the molecule is COCCNCC(=O)Nc1ccc(C(=O)NC(C)C)cc1.